The number of aryl methyl sites for hydroxylation is 1. The van der Waals surface area contributed by atoms with E-state index in [1.165, 1.54) is 0 Å². The molecule has 0 atom stereocenters. The lowest BCUT2D eigenvalue weighted by Gasteiger charge is -2.38. The number of pyridine rings is 1. The first kappa shape index (κ1) is 10.7. The molecule has 0 bridgehead atoms. The molecular formula is C13H17N3O. The first-order valence-electron chi connectivity index (χ1n) is 6.09. The quantitative estimate of drug-likeness (QED) is 0.728. The SMILES string of the molecule is Cc1ccc(N2CCN(C)C3(CC3)C2=O)nc1. The molecule has 1 aromatic rings. The summed E-state index contributed by atoms with van der Waals surface area (Å²) >= 11 is 0. The third kappa shape index (κ3) is 1.55. The Bertz CT molecular complexity index is 450. The fourth-order valence-electron chi connectivity index (χ4n) is 2.53. The molecule has 0 N–H and O–H groups in total. The number of carbonyl (C=O) groups excluding carboxylic acids is 1. The molecule has 1 amide bonds. The monoisotopic (exact) mass is 231 g/mol. The lowest BCUT2D eigenvalue weighted by Crippen LogP contribution is -2.57. The molecule has 1 saturated heterocycles. The summed E-state index contributed by atoms with van der Waals surface area (Å²) in [5.74, 6) is 1.02. The predicted octanol–water partition coefficient (Wildman–Crippen LogP) is 1.20. The van der Waals surface area contributed by atoms with Gasteiger partial charge < -0.3 is 0 Å². The fraction of sp³-hybridized carbons (Fsp3) is 0.538. The highest BCUT2D eigenvalue weighted by atomic mass is 16.2. The van der Waals surface area contributed by atoms with Crippen LogP contribution in [0.15, 0.2) is 18.3 Å². The number of hydrogen-bond donors (Lipinski definition) is 0. The number of hydrogen-bond acceptors (Lipinski definition) is 3. The van der Waals surface area contributed by atoms with Crippen molar-refractivity contribution in [3.8, 4) is 0 Å². The van der Waals surface area contributed by atoms with Crippen LogP contribution in [-0.4, -0.2) is 41.5 Å². The second-order valence-corrected chi connectivity index (χ2v) is 5.10. The average molecular weight is 231 g/mol. The molecule has 3 rings (SSSR count). The standard InChI is InChI=1S/C13H17N3O/c1-10-3-4-11(14-9-10)16-8-7-15(2)13(5-6-13)12(16)17/h3-4,9H,5-8H2,1-2H3. The molecule has 0 radical (unpaired) electrons. The van der Waals surface area contributed by atoms with Crippen molar-refractivity contribution in [3.05, 3.63) is 23.9 Å². The maximum absolute atomic E-state index is 12.4. The van der Waals surface area contributed by atoms with Crippen LogP contribution >= 0.6 is 0 Å². The van der Waals surface area contributed by atoms with Crippen molar-refractivity contribution >= 4 is 11.7 Å². The zero-order valence-corrected chi connectivity index (χ0v) is 10.3. The molecule has 0 aromatic carbocycles. The van der Waals surface area contributed by atoms with E-state index in [-0.39, 0.29) is 11.4 Å². The van der Waals surface area contributed by atoms with Gasteiger partial charge in [0.25, 0.3) is 0 Å². The summed E-state index contributed by atoms with van der Waals surface area (Å²) in [7, 11) is 2.05. The van der Waals surface area contributed by atoms with Gasteiger partial charge >= 0.3 is 0 Å². The first-order valence-corrected chi connectivity index (χ1v) is 6.09. The molecule has 1 aliphatic carbocycles. The van der Waals surface area contributed by atoms with Gasteiger partial charge in [0, 0.05) is 19.3 Å². The number of aromatic nitrogens is 1. The van der Waals surface area contributed by atoms with Gasteiger partial charge in [-0.15, -0.1) is 0 Å². The van der Waals surface area contributed by atoms with Gasteiger partial charge in [-0.25, -0.2) is 4.98 Å². The van der Waals surface area contributed by atoms with Gasteiger partial charge in [-0.2, -0.15) is 0 Å². The second-order valence-electron chi connectivity index (χ2n) is 5.10. The third-order valence-electron chi connectivity index (χ3n) is 3.93. The Balaban J connectivity index is 1.89. The van der Waals surface area contributed by atoms with Gasteiger partial charge in [-0.3, -0.25) is 14.6 Å². The number of nitrogens with zero attached hydrogens (tertiary/aromatic N) is 3. The summed E-state index contributed by atoms with van der Waals surface area (Å²) in [4.78, 5) is 20.8. The summed E-state index contributed by atoms with van der Waals surface area (Å²) < 4.78 is 0. The van der Waals surface area contributed by atoms with Crippen molar-refractivity contribution in [2.75, 3.05) is 25.0 Å². The van der Waals surface area contributed by atoms with Crippen LogP contribution in [-0.2, 0) is 4.79 Å². The molecule has 1 aliphatic heterocycles. The molecule has 2 fully saturated rings. The molecule has 2 heterocycles. The van der Waals surface area contributed by atoms with Crippen molar-refractivity contribution < 1.29 is 4.79 Å². The lowest BCUT2D eigenvalue weighted by molar-refractivity contribution is -0.126. The van der Waals surface area contributed by atoms with E-state index in [1.54, 1.807) is 0 Å². The number of anilines is 1. The zero-order valence-electron chi connectivity index (χ0n) is 10.3. The van der Waals surface area contributed by atoms with Crippen LogP contribution in [0.1, 0.15) is 18.4 Å². The molecule has 0 unspecified atom stereocenters. The topological polar surface area (TPSA) is 36.4 Å². The van der Waals surface area contributed by atoms with Crippen molar-refractivity contribution in [1.29, 1.82) is 0 Å². The Morgan fingerprint density at radius 3 is 2.65 bits per heavy atom. The minimum Gasteiger partial charge on any atom is -0.294 e. The molecule has 1 aromatic heterocycles. The summed E-state index contributed by atoms with van der Waals surface area (Å²) in [6.07, 6.45) is 3.80. The molecule has 4 nitrogen and oxygen atoms in total. The van der Waals surface area contributed by atoms with E-state index in [0.717, 1.165) is 37.3 Å². The minimum absolute atomic E-state index is 0.204. The summed E-state index contributed by atoms with van der Waals surface area (Å²) in [6, 6.07) is 3.95. The predicted molar refractivity (Wildman–Crippen MR) is 65.9 cm³/mol. The number of carbonyl (C=O) groups is 1. The summed E-state index contributed by atoms with van der Waals surface area (Å²) in [5.41, 5.74) is 0.918. The number of likely N-dealkylation sites (N-methyl/N-ethyl adjacent to an activating group) is 1. The van der Waals surface area contributed by atoms with Gasteiger partial charge in [0.2, 0.25) is 5.91 Å². The zero-order chi connectivity index (χ0) is 12.0. The van der Waals surface area contributed by atoms with Gasteiger partial charge in [0.15, 0.2) is 0 Å². The smallest absolute Gasteiger partial charge is 0.248 e. The average Bonchev–Trinajstić information content (AvgIpc) is 3.10. The molecule has 90 valence electrons. The summed E-state index contributed by atoms with van der Waals surface area (Å²) in [5, 5.41) is 0. The second kappa shape index (κ2) is 3.53. The van der Waals surface area contributed by atoms with E-state index in [9.17, 15) is 4.79 Å². The van der Waals surface area contributed by atoms with Gasteiger partial charge in [-0.05, 0) is 38.4 Å². The van der Waals surface area contributed by atoms with E-state index in [1.807, 2.05) is 37.2 Å². The van der Waals surface area contributed by atoms with Gasteiger partial charge in [-0.1, -0.05) is 6.07 Å². The van der Waals surface area contributed by atoms with E-state index in [2.05, 4.69) is 9.88 Å². The van der Waals surface area contributed by atoms with Crippen LogP contribution in [0.5, 0.6) is 0 Å². The normalized spacial score (nSPS) is 23.2. The van der Waals surface area contributed by atoms with Crippen molar-refractivity contribution in [2.24, 2.45) is 0 Å². The number of amides is 1. The van der Waals surface area contributed by atoms with Crippen molar-refractivity contribution in [3.63, 3.8) is 0 Å². The molecule has 1 spiro atoms. The van der Waals surface area contributed by atoms with Crippen LogP contribution < -0.4 is 4.90 Å². The molecule has 4 heteroatoms. The van der Waals surface area contributed by atoms with E-state index < -0.39 is 0 Å². The Morgan fingerprint density at radius 1 is 1.29 bits per heavy atom. The van der Waals surface area contributed by atoms with E-state index in [4.69, 9.17) is 0 Å². The highest BCUT2D eigenvalue weighted by Gasteiger charge is 2.57. The first-order chi connectivity index (χ1) is 8.13. The molecular weight excluding hydrogens is 214 g/mol. The Kier molecular flexibility index (Phi) is 2.23. The summed E-state index contributed by atoms with van der Waals surface area (Å²) in [6.45, 7) is 3.68. The largest absolute Gasteiger partial charge is 0.294 e. The Labute approximate surface area is 101 Å². The number of piperazine rings is 1. The van der Waals surface area contributed by atoms with E-state index in [0.29, 0.717) is 0 Å². The number of rotatable bonds is 1. The maximum atomic E-state index is 12.4. The van der Waals surface area contributed by atoms with Crippen LogP contribution in [0.2, 0.25) is 0 Å². The minimum atomic E-state index is -0.204. The van der Waals surface area contributed by atoms with Crippen LogP contribution in [0.25, 0.3) is 0 Å². The highest BCUT2D eigenvalue weighted by Crippen LogP contribution is 2.44. The third-order valence-corrected chi connectivity index (χ3v) is 3.93. The molecule has 1 saturated carbocycles. The van der Waals surface area contributed by atoms with Gasteiger partial charge in [0.1, 0.15) is 11.4 Å². The van der Waals surface area contributed by atoms with Gasteiger partial charge in [0.05, 0.1) is 0 Å². The van der Waals surface area contributed by atoms with Crippen LogP contribution in [0.3, 0.4) is 0 Å². The van der Waals surface area contributed by atoms with Crippen molar-refractivity contribution in [1.82, 2.24) is 9.88 Å². The maximum Gasteiger partial charge on any atom is 0.248 e. The lowest BCUT2D eigenvalue weighted by atomic mass is 10.1. The highest BCUT2D eigenvalue weighted by molar-refractivity contribution is 6.02. The van der Waals surface area contributed by atoms with E-state index >= 15 is 0 Å². The Hall–Kier alpha value is -1.42. The Morgan fingerprint density at radius 2 is 2.06 bits per heavy atom. The fourth-order valence-corrected chi connectivity index (χ4v) is 2.53. The van der Waals surface area contributed by atoms with Crippen LogP contribution in [0, 0.1) is 6.92 Å². The van der Waals surface area contributed by atoms with Crippen LogP contribution in [0.4, 0.5) is 5.82 Å². The molecule has 2 aliphatic rings. The molecule has 17 heavy (non-hydrogen) atoms. The van der Waals surface area contributed by atoms with Crippen molar-refractivity contribution in [2.45, 2.75) is 25.3 Å².